The molecule has 0 radical (unpaired) electrons. The van der Waals surface area contributed by atoms with Gasteiger partial charge in [-0.1, -0.05) is 46.0 Å². The number of likely N-dealkylation sites (N-methyl/N-ethyl adjacent to an activating group) is 1. The summed E-state index contributed by atoms with van der Waals surface area (Å²) in [5, 5.41) is 3.23. The lowest BCUT2D eigenvalue weighted by atomic mass is 10.1. The molecule has 3 N–H and O–H groups in total. The highest BCUT2D eigenvalue weighted by Gasteiger charge is 2.16. The molecule has 6 nitrogen and oxygen atoms in total. The normalized spacial score (nSPS) is 15.9. The molecule has 0 bridgehead atoms. The molecule has 6 heteroatoms. The van der Waals surface area contributed by atoms with Gasteiger partial charge in [-0.2, -0.15) is 0 Å². The molecule has 1 aromatic rings. The number of aliphatic imine (C=N–C) groups is 1. The number of aromatic nitrogens is 1. The number of nitrogens with two attached hydrogens (primary N) is 1. The number of unbranched alkanes of at least 4 members (excludes halogenated alkanes) is 5. The van der Waals surface area contributed by atoms with Crippen LogP contribution in [0, 0.1) is 0 Å². The van der Waals surface area contributed by atoms with Crippen LogP contribution < -0.4 is 16.0 Å². The van der Waals surface area contributed by atoms with Gasteiger partial charge in [-0.3, -0.25) is 0 Å². The van der Waals surface area contributed by atoms with Gasteiger partial charge in [-0.05, 0) is 30.7 Å². The monoisotopic (exact) mass is 374 g/mol. The van der Waals surface area contributed by atoms with Gasteiger partial charge in [0.1, 0.15) is 5.82 Å². The first-order chi connectivity index (χ1) is 13.2. The van der Waals surface area contributed by atoms with E-state index in [9.17, 15) is 0 Å². The number of nitrogens with zero attached hydrogens (tertiary/aromatic N) is 4. The second kappa shape index (κ2) is 12.5. The minimum absolute atomic E-state index is 0.540. The third-order valence-electron chi connectivity index (χ3n) is 5.22. The van der Waals surface area contributed by atoms with Crippen LogP contribution in [0.5, 0.6) is 0 Å². The van der Waals surface area contributed by atoms with Crippen LogP contribution in [-0.2, 0) is 6.54 Å². The van der Waals surface area contributed by atoms with E-state index in [4.69, 9.17) is 5.73 Å². The van der Waals surface area contributed by atoms with Crippen molar-refractivity contribution in [3.05, 3.63) is 23.9 Å². The van der Waals surface area contributed by atoms with Crippen molar-refractivity contribution >= 4 is 11.8 Å². The third kappa shape index (κ3) is 8.16. The largest absolute Gasteiger partial charge is 0.370 e. The number of piperazine rings is 1. The molecule has 0 aromatic carbocycles. The molecule has 27 heavy (non-hydrogen) atoms. The zero-order valence-electron chi connectivity index (χ0n) is 17.3. The molecule has 1 fully saturated rings. The molecule has 0 saturated carbocycles. The summed E-state index contributed by atoms with van der Waals surface area (Å²) in [6, 6.07) is 4.17. The van der Waals surface area contributed by atoms with Gasteiger partial charge in [0.2, 0.25) is 0 Å². The Hall–Kier alpha value is -1.82. The molecular weight excluding hydrogens is 336 g/mol. The van der Waals surface area contributed by atoms with Crippen LogP contribution in [0.1, 0.15) is 57.9 Å². The molecule has 1 aliphatic heterocycles. The van der Waals surface area contributed by atoms with Crippen molar-refractivity contribution in [3.63, 3.8) is 0 Å². The quantitative estimate of drug-likeness (QED) is 0.354. The van der Waals surface area contributed by atoms with Crippen molar-refractivity contribution in [1.82, 2.24) is 15.2 Å². The fourth-order valence-electron chi connectivity index (χ4n) is 3.38. The zero-order chi connectivity index (χ0) is 19.3. The number of nitrogens with one attached hydrogen (secondary N) is 1. The van der Waals surface area contributed by atoms with Gasteiger partial charge in [0.25, 0.3) is 0 Å². The maximum atomic E-state index is 6.00. The van der Waals surface area contributed by atoms with Gasteiger partial charge in [0, 0.05) is 38.9 Å². The molecule has 1 aliphatic rings. The fourth-order valence-corrected chi connectivity index (χ4v) is 3.38. The van der Waals surface area contributed by atoms with Crippen LogP contribution in [0.3, 0.4) is 0 Å². The standard InChI is InChI=1S/C21H38N6/c1-3-5-6-7-8-9-11-24-21(22)25-18-19-10-12-23-20(17-19)27-15-13-26(4-2)14-16-27/h10,12,17H,3-9,11,13-16,18H2,1-2H3,(H3,22,24,25). The van der Waals surface area contributed by atoms with Gasteiger partial charge >= 0.3 is 0 Å². The molecule has 1 aromatic heterocycles. The summed E-state index contributed by atoms with van der Waals surface area (Å²) < 4.78 is 0. The summed E-state index contributed by atoms with van der Waals surface area (Å²) >= 11 is 0. The molecule has 2 heterocycles. The lowest BCUT2D eigenvalue weighted by molar-refractivity contribution is 0.270. The minimum Gasteiger partial charge on any atom is -0.370 e. The second-order valence-electron chi connectivity index (χ2n) is 7.34. The summed E-state index contributed by atoms with van der Waals surface area (Å²) in [7, 11) is 0. The van der Waals surface area contributed by atoms with Crippen molar-refractivity contribution in [3.8, 4) is 0 Å². The molecule has 152 valence electrons. The van der Waals surface area contributed by atoms with Gasteiger partial charge in [0.15, 0.2) is 5.96 Å². The molecule has 0 unspecified atom stereocenters. The highest BCUT2D eigenvalue weighted by molar-refractivity contribution is 5.77. The first kappa shape index (κ1) is 21.5. The number of pyridine rings is 1. The first-order valence-corrected chi connectivity index (χ1v) is 10.7. The maximum absolute atomic E-state index is 6.00. The van der Waals surface area contributed by atoms with Crippen LogP contribution >= 0.6 is 0 Å². The van der Waals surface area contributed by atoms with E-state index < -0.39 is 0 Å². The SMILES string of the molecule is CCCCCCCCNC(N)=NCc1ccnc(N2CCN(CC)CC2)c1. The summed E-state index contributed by atoms with van der Waals surface area (Å²) in [5.74, 6) is 1.59. The minimum atomic E-state index is 0.540. The Morgan fingerprint density at radius 1 is 1.11 bits per heavy atom. The first-order valence-electron chi connectivity index (χ1n) is 10.7. The molecule has 0 aliphatic carbocycles. The average molecular weight is 375 g/mol. The molecule has 0 amide bonds. The van der Waals surface area contributed by atoms with Crippen molar-refractivity contribution in [2.75, 3.05) is 44.2 Å². The average Bonchev–Trinajstić information content (AvgIpc) is 2.72. The summed E-state index contributed by atoms with van der Waals surface area (Å²) in [6.07, 6.45) is 9.61. The Morgan fingerprint density at radius 2 is 1.85 bits per heavy atom. The lowest BCUT2D eigenvalue weighted by Gasteiger charge is -2.34. The van der Waals surface area contributed by atoms with E-state index in [0.717, 1.165) is 57.1 Å². The summed E-state index contributed by atoms with van der Waals surface area (Å²) in [4.78, 5) is 13.9. The Bertz CT molecular complexity index is 551. The van der Waals surface area contributed by atoms with E-state index in [2.05, 4.69) is 45.0 Å². The van der Waals surface area contributed by atoms with Gasteiger partial charge < -0.3 is 20.9 Å². The Morgan fingerprint density at radius 3 is 2.59 bits per heavy atom. The van der Waals surface area contributed by atoms with Crippen LogP contribution in [-0.4, -0.2) is 55.1 Å². The van der Waals surface area contributed by atoms with Gasteiger partial charge in [-0.15, -0.1) is 0 Å². The molecule has 0 atom stereocenters. The molecule has 1 saturated heterocycles. The van der Waals surface area contributed by atoms with Crippen LogP contribution in [0.2, 0.25) is 0 Å². The van der Waals surface area contributed by atoms with Crippen molar-refractivity contribution in [1.29, 1.82) is 0 Å². The Balaban J connectivity index is 1.71. The van der Waals surface area contributed by atoms with E-state index in [0.29, 0.717) is 12.5 Å². The van der Waals surface area contributed by atoms with Crippen molar-refractivity contribution < 1.29 is 0 Å². The van der Waals surface area contributed by atoms with E-state index in [1.165, 1.54) is 32.1 Å². The van der Waals surface area contributed by atoms with Crippen LogP contribution in [0.25, 0.3) is 0 Å². The maximum Gasteiger partial charge on any atom is 0.188 e. The molecule has 2 rings (SSSR count). The van der Waals surface area contributed by atoms with E-state index in [-0.39, 0.29) is 0 Å². The highest BCUT2D eigenvalue weighted by Crippen LogP contribution is 2.15. The summed E-state index contributed by atoms with van der Waals surface area (Å²) in [6.45, 7) is 11.4. The highest BCUT2D eigenvalue weighted by atomic mass is 15.3. The molecular formula is C21H38N6. The topological polar surface area (TPSA) is 69.8 Å². The smallest absolute Gasteiger partial charge is 0.188 e. The van der Waals surface area contributed by atoms with Crippen LogP contribution in [0.15, 0.2) is 23.3 Å². The Labute approximate surface area is 165 Å². The number of hydrogen-bond acceptors (Lipinski definition) is 4. The number of guanidine groups is 1. The fraction of sp³-hybridized carbons (Fsp3) is 0.714. The van der Waals surface area contributed by atoms with E-state index in [1.54, 1.807) is 0 Å². The van der Waals surface area contributed by atoms with Crippen LogP contribution in [0.4, 0.5) is 5.82 Å². The number of anilines is 1. The number of rotatable bonds is 11. The predicted octanol–water partition coefficient (Wildman–Crippen LogP) is 2.99. The zero-order valence-corrected chi connectivity index (χ0v) is 17.3. The second-order valence-corrected chi connectivity index (χ2v) is 7.34. The Kier molecular flexibility index (Phi) is 9.98. The third-order valence-corrected chi connectivity index (χ3v) is 5.22. The van der Waals surface area contributed by atoms with Crippen molar-refractivity contribution in [2.24, 2.45) is 10.7 Å². The summed E-state index contributed by atoms with van der Waals surface area (Å²) in [5.41, 5.74) is 7.16. The number of hydrogen-bond donors (Lipinski definition) is 2. The lowest BCUT2D eigenvalue weighted by Crippen LogP contribution is -2.46. The predicted molar refractivity (Wildman–Crippen MR) is 115 cm³/mol. The van der Waals surface area contributed by atoms with E-state index >= 15 is 0 Å². The van der Waals surface area contributed by atoms with Gasteiger partial charge in [0.05, 0.1) is 6.54 Å². The van der Waals surface area contributed by atoms with E-state index in [1.807, 2.05) is 12.3 Å². The van der Waals surface area contributed by atoms with Gasteiger partial charge in [-0.25, -0.2) is 9.98 Å². The molecule has 0 spiro atoms. The van der Waals surface area contributed by atoms with Crippen molar-refractivity contribution in [2.45, 2.75) is 58.9 Å².